The van der Waals surface area contributed by atoms with Crippen molar-refractivity contribution in [3.05, 3.63) is 29.8 Å². The van der Waals surface area contributed by atoms with Crippen molar-refractivity contribution < 1.29 is 26.7 Å². The first kappa shape index (κ1) is 13.7. The van der Waals surface area contributed by atoms with E-state index in [0.29, 0.717) is 0 Å². The number of benzene rings is 1. The maximum Gasteiger partial charge on any atom is 0.411 e. The Morgan fingerprint density at radius 2 is 1.88 bits per heavy atom. The van der Waals surface area contributed by atoms with Crippen LogP contribution in [-0.4, -0.2) is 25.9 Å². The molecule has 0 aliphatic heterocycles. The normalized spacial score (nSPS) is 11.6. The van der Waals surface area contributed by atoms with Crippen molar-refractivity contribution in [2.75, 3.05) is 25.1 Å². The molecule has 0 radical (unpaired) electrons. The van der Waals surface area contributed by atoms with Gasteiger partial charge < -0.3 is 10.1 Å². The highest BCUT2D eigenvalue weighted by Gasteiger charge is 2.27. The fourth-order valence-electron chi connectivity index (χ4n) is 1.08. The van der Waals surface area contributed by atoms with Gasteiger partial charge >= 0.3 is 6.18 Å². The Balaban J connectivity index is 2.29. The number of halogens is 5. The Bertz CT molecular complexity index is 366. The molecule has 0 heterocycles. The highest BCUT2D eigenvalue weighted by Crippen LogP contribution is 2.16. The summed E-state index contributed by atoms with van der Waals surface area (Å²) in [7, 11) is 0. The van der Waals surface area contributed by atoms with Gasteiger partial charge in [-0.3, -0.25) is 0 Å². The zero-order valence-electron chi connectivity index (χ0n) is 8.65. The van der Waals surface area contributed by atoms with Crippen LogP contribution in [0.1, 0.15) is 0 Å². The number of hydrogen-bond donors (Lipinski definition) is 1. The highest BCUT2D eigenvalue weighted by atomic mass is 19.4. The summed E-state index contributed by atoms with van der Waals surface area (Å²) in [6, 6.07) is 2.79. The number of hydrogen-bond acceptors (Lipinski definition) is 2. The lowest BCUT2D eigenvalue weighted by Gasteiger charge is -2.09. The van der Waals surface area contributed by atoms with Crippen LogP contribution in [0.3, 0.4) is 0 Å². The molecule has 0 unspecified atom stereocenters. The average molecular weight is 255 g/mol. The zero-order valence-corrected chi connectivity index (χ0v) is 8.65. The Kier molecular flexibility index (Phi) is 4.68. The minimum Gasteiger partial charge on any atom is -0.380 e. The van der Waals surface area contributed by atoms with E-state index < -0.39 is 24.4 Å². The third-order valence-corrected chi connectivity index (χ3v) is 1.76. The SMILES string of the molecule is Fc1ccc(F)c(NCCOCC(F)(F)F)c1. The Morgan fingerprint density at radius 1 is 1.18 bits per heavy atom. The Morgan fingerprint density at radius 3 is 2.53 bits per heavy atom. The van der Waals surface area contributed by atoms with Gasteiger partial charge in [-0.2, -0.15) is 13.2 Å². The van der Waals surface area contributed by atoms with Gasteiger partial charge in [-0.05, 0) is 18.2 Å². The first-order valence-electron chi connectivity index (χ1n) is 4.72. The van der Waals surface area contributed by atoms with E-state index in [1.165, 1.54) is 0 Å². The van der Waals surface area contributed by atoms with E-state index in [0.717, 1.165) is 18.2 Å². The second kappa shape index (κ2) is 5.81. The van der Waals surface area contributed by atoms with Crippen molar-refractivity contribution in [2.24, 2.45) is 0 Å². The second-order valence-corrected chi connectivity index (χ2v) is 3.22. The first-order valence-corrected chi connectivity index (χ1v) is 4.72. The van der Waals surface area contributed by atoms with Crippen LogP contribution in [0.4, 0.5) is 27.6 Å². The molecular formula is C10H10F5NO. The zero-order chi connectivity index (χ0) is 12.9. The molecule has 7 heteroatoms. The van der Waals surface area contributed by atoms with Gasteiger partial charge in [0.25, 0.3) is 0 Å². The minimum atomic E-state index is -4.38. The number of alkyl halides is 3. The molecule has 0 aromatic heterocycles. The maximum absolute atomic E-state index is 13.0. The van der Waals surface area contributed by atoms with E-state index in [9.17, 15) is 22.0 Å². The standard InChI is InChI=1S/C10H10F5NO/c11-7-1-2-8(12)9(5-7)16-3-4-17-6-10(13,14)15/h1-2,5,16H,3-4,6H2. The summed E-state index contributed by atoms with van der Waals surface area (Å²) in [6.45, 7) is -1.66. The molecule has 1 aromatic rings. The minimum absolute atomic E-state index is 0.0452. The number of ether oxygens (including phenoxy) is 1. The highest BCUT2D eigenvalue weighted by molar-refractivity contribution is 5.44. The molecule has 2 nitrogen and oxygen atoms in total. The predicted molar refractivity (Wildman–Crippen MR) is 51.7 cm³/mol. The van der Waals surface area contributed by atoms with Crippen LogP contribution < -0.4 is 5.32 Å². The quantitative estimate of drug-likeness (QED) is 0.645. The lowest BCUT2D eigenvalue weighted by Crippen LogP contribution is -2.20. The van der Waals surface area contributed by atoms with Gasteiger partial charge in [-0.1, -0.05) is 0 Å². The number of rotatable bonds is 5. The molecule has 0 spiro atoms. The molecule has 0 aliphatic carbocycles. The summed E-state index contributed by atoms with van der Waals surface area (Å²) in [4.78, 5) is 0. The molecule has 0 bridgehead atoms. The van der Waals surface area contributed by atoms with Crippen LogP contribution in [0.25, 0.3) is 0 Å². The molecule has 0 atom stereocenters. The third-order valence-electron chi connectivity index (χ3n) is 1.76. The second-order valence-electron chi connectivity index (χ2n) is 3.22. The van der Waals surface area contributed by atoms with Crippen molar-refractivity contribution in [3.8, 4) is 0 Å². The molecule has 0 amide bonds. The predicted octanol–water partition coefficient (Wildman–Crippen LogP) is 2.96. The smallest absolute Gasteiger partial charge is 0.380 e. The third kappa shape index (κ3) is 5.48. The average Bonchev–Trinajstić information content (AvgIpc) is 2.21. The maximum atomic E-state index is 13.0. The van der Waals surface area contributed by atoms with E-state index in [1.807, 2.05) is 0 Å². The van der Waals surface area contributed by atoms with Crippen LogP contribution in [0, 0.1) is 11.6 Å². The van der Waals surface area contributed by atoms with E-state index >= 15 is 0 Å². The summed E-state index contributed by atoms with van der Waals surface area (Å²) in [5, 5.41) is 2.43. The summed E-state index contributed by atoms with van der Waals surface area (Å²) in [6.07, 6.45) is -4.38. The van der Waals surface area contributed by atoms with Gasteiger partial charge in [0.1, 0.15) is 18.2 Å². The van der Waals surface area contributed by atoms with Gasteiger partial charge in [-0.15, -0.1) is 0 Å². The summed E-state index contributed by atoms with van der Waals surface area (Å²) < 4.78 is 65.0. The molecule has 96 valence electrons. The fourth-order valence-corrected chi connectivity index (χ4v) is 1.08. The van der Waals surface area contributed by atoms with E-state index in [-0.39, 0.29) is 18.8 Å². The fraction of sp³-hybridized carbons (Fsp3) is 0.400. The molecule has 1 aromatic carbocycles. The summed E-state index contributed by atoms with van der Waals surface area (Å²) in [5.74, 6) is -1.31. The number of anilines is 1. The molecule has 1 rings (SSSR count). The number of nitrogens with one attached hydrogen (secondary N) is 1. The molecule has 0 fully saturated rings. The molecule has 0 aliphatic rings. The van der Waals surface area contributed by atoms with Crippen LogP contribution in [0.5, 0.6) is 0 Å². The topological polar surface area (TPSA) is 21.3 Å². The summed E-state index contributed by atoms with van der Waals surface area (Å²) in [5.41, 5.74) is -0.111. The van der Waals surface area contributed by atoms with Crippen molar-refractivity contribution in [2.45, 2.75) is 6.18 Å². The van der Waals surface area contributed by atoms with E-state index in [1.54, 1.807) is 0 Å². The molecular weight excluding hydrogens is 245 g/mol. The Labute approximate surface area is 94.4 Å². The monoisotopic (exact) mass is 255 g/mol. The molecule has 17 heavy (non-hydrogen) atoms. The van der Waals surface area contributed by atoms with Crippen LogP contribution >= 0.6 is 0 Å². The van der Waals surface area contributed by atoms with Crippen molar-refractivity contribution >= 4 is 5.69 Å². The van der Waals surface area contributed by atoms with Crippen LogP contribution in [0.15, 0.2) is 18.2 Å². The van der Waals surface area contributed by atoms with Gasteiger partial charge in [-0.25, -0.2) is 8.78 Å². The lowest BCUT2D eigenvalue weighted by molar-refractivity contribution is -0.172. The van der Waals surface area contributed by atoms with Gasteiger partial charge in [0, 0.05) is 6.54 Å². The molecule has 0 saturated carbocycles. The van der Waals surface area contributed by atoms with Gasteiger partial charge in [0.2, 0.25) is 0 Å². The van der Waals surface area contributed by atoms with Crippen molar-refractivity contribution in [1.82, 2.24) is 0 Å². The summed E-state index contributed by atoms with van der Waals surface area (Å²) >= 11 is 0. The van der Waals surface area contributed by atoms with Crippen molar-refractivity contribution in [1.29, 1.82) is 0 Å². The van der Waals surface area contributed by atoms with Gasteiger partial charge in [0.15, 0.2) is 0 Å². The van der Waals surface area contributed by atoms with E-state index in [4.69, 9.17) is 0 Å². The van der Waals surface area contributed by atoms with Crippen molar-refractivity contribution in [3.63, 3.8) is 0 Å². The molecule has 0 saturated heterocycles. The lowest BCUT2D eigenvalue weighted by atomic mass is 10.3. The first-order chi connectivity index (χ1) is 7.88. The van der Waals surface area contributed by atoms with Crippen LogP contribution in [0.2, 0.25) is 0 Å². The van der Waals surface area contributed by atoms with Gasteiger partial charge in [0.05, 0.1) is 12.3 Å². The molecule has 1 N–H and O–H groups in total. The van der Waals surface area contributed by atoms with E-state index in [2.05, 4.69) is 10.1 Å². The Hall–Kier alpha value is -1.37. The largest absolute Gasteiger partial charge is 0.411 e. The van der Waals surface area contributed by atoms with Crippen LogP contribution in [-0.2, 0) is 4.74 Å².